The molecule has 0 aliphatic heterocycles. The molecule has 0 spiro atoms. The number of anilines is 4. The highest BCUT2D eigenvalue weighted by Crippen LogP contribution is 2.26. The summed E-state index contributed by atoms with van der Waals surface area (Å²) in [5.74, 6) is -1.53. The summed E-state index contributed by atoms with van der Waals surface area (Å²) >= 11 is 0. The molecule has 0 unspecified atom stereocenters. The first-order chi connectivity index (χ1) is 27.5. The predicted molar refractivity (Wildman–Crippen MR) is 212 cm³/mol. The van der Waals surface area contributed by atoms with E-state index in [2.05, 4.69) is 31.2 Å². The van der Waals surface area contributed by atoms with Crippen LogP contribution in [0.2, 0.25) is 0 Å². The Morgan fingerprint density at radius 2 is 0.895 bits per heavy atom. The number of amides is 4. The van der Waals surface area contributed by atoms with Crippen molar-refractivity contribution >= 4 is 68.8 Å². The van der Waals surface area contributed by atoms with Crippen LogP contribution >= 0.6 is 0 Å². The predicted octanol–water partition coefficient (Wildman–Crippen LogP) is 8.06. The molecule has 1 heterocycles. The van der Waals surface area contributed by atoms with E-state index >= 15 is 0 Å². The number of nitrogens with zero attached hydrogens (tertiary/aromatic N) is 3. The molecule has 0 aliphatic carbocycles. The standard InChI is InChI=1S/C41H28N8O8/c50-38(25-11-17-28(18-12-25)43-40(52)31-5-1-3-7-35(31)48(54)55)42-27-15-9-24(10-16-27)37-46-33-22-21-30(23-34(33)47-37)45-39(51)26-13-19-29(20-14-26)44-41(53)32-6-2-4-8-36(32)49(56)57/h1-23H,(H,42,50)(H,43,52)(H,44,53)(H,45,51)(H,46,47). The maximum atomic E-state index is 13.0. The summed E-state index contributed by atoms with van der Waals surface area (Å²) in [6.07, 6.45) is 0. The number of nitro groups is 2. The Hall–Kier alpha value is -8.53. The van der Waals surface area contributed by atoms with E-state index in [1.807, 2.05) is 0 Å². The highest BCUT2D eigenvalue weighted by atomic mass is 16.6. The molecule has 16 nitrogen and oxygen atoms in total. The lowest BCUT2D eigenvalue weighted by atomic mass is 10.1. The zero-order chi connectivity index (χ0) is 40.1. The second kappa shape index (κ2) is 15.8. The number of nitro benzene ring substituents is 2. The zero-order valence-electron chi connectivity index (χ0n) is 29.4. The number of imidazole rings is 1. The van der Waals surface area contributed by atoms with E-state index in [-0.39, 0.29) is 22.5 Å². The third-order valence-corrected chi connectivity index (χ3v) is 8.66. The van der Waals surface area contributed by atoms with Gasteiger partial charge in [-0.15, -0.1) is 0 Å². The highest BCUT2D eigenvalue weighted by molar-refractivity contribution is 6.09. The van der Waals surface area contributed by atoms with Gasteiger partial charge in [-0.25, -0.2) is 4.98 Å². The largest absolute Gasteiger partial charge is 0.338 e. The molecule has 0 bridgehead atoms. The lowest BCUT2D eigenvalue weighted by Crippen LogP contribution is -2.15. The summed E-state index contributed by atoms with van der Waals surface area (Å²) in [5.41, 5.74) is 3.63. The van der Waals surface area contributed by atoms with Crippen LogP contribution in [0, 0.1) is 20.2 Å². The fourth-order valence-electron chi connectivity index (χ4n) is 5.80. The smallest absolute Gasteiger partial charge is 0.282 e. The topological polar surface area (TPSA) is 231 Å². The Balaban J connectivity index is 0.943. The first-order valence-electron chi connectivity index (χ1n) is 17.0. The van der Waals surface area contributed by atoms with Crippen LogP contribution in [0.1, 0.15) is 41.4 Å². The van der Waals surface area contributed by atoms with Crippen molar-refractivity contribution < 1.29 is 29.0 Å². The summed E-state index contributed by atoms with van der Waals surface area (Å²) in [6.45, 7) is 0. The molecule has 280 valence electrons. The van der Waals surface area contributed by atoms with Gasteiger partial charge in [0.05, 0.1) is 20.9 Å². The second-order valence-corrected chi connectivity index (χ2v) is 12.4. The molecular weight excluding hydrogens is 732 g/mol. The van der Waals surface area contributed by atoms with Gasteiger partial charge in [0, 0.05) is 51.6 Å². The average Bonchev–Trinajstić information content (AvgIpc) is 3.65. The molecule has 1 aromatic heterocycles. The van der Waals surface area contributed by atoms with Gasteiger partial charge in [0.2, 0.25) is 0 Å². The van der Waals surface area contributed by atoms with Crippen molar-refractivity contribution in [3.8, 4) is 11.4 Å². The molecule has 0 fully saturated rings. The van der Waals surface area contributed by atoms with Crippen molar-refractivity contribution in [3.05, 3.63) is 182 Å². The molecular formula is C41H28N8O8. The van der Waals surface area contributed by atoms with E-state index in [0.29, 0.717) is 50.7 Å². The number of hydrogen-bond donors (Lipinski definition) is 5. The summed E-state index contributed by atoms with van der Waals surface area (Å²) in [7, 11) is 0. The summed E-state index contributed by atoms with van der Waals surface area (Å²) < 4.78 is 0. The number of benzene rings is 6. The van der Waals surface area contributed by atoms with E-state index in [1.54, 1.807) is 42.5 Å². The SMILES string of the molecule is O=C(Nc1ccc(-c2nc3ccc(NC(=O)c4ccc(NC(=O)c5ccccc5[N+](=O)[O-])cc4)cc3[nH]2)cc1)c1ccc(NC(=O)c2ccccc2[N+](=O)[O-])cc1. The van der Waals surface area contributed by atoms with Crippen molar-refractivity contribution in [1.82, 2.24) is 9.97 Å². The minimum Gasteiger partial charge on any atom is -0.338 e. The van der Waals surface area contributed by atoms with Crippen LogP contribution in [0.3, 0.4) is 0 Å². The van der Waals surface area contributed by atoms with Gasteiger partial charge in [-0.1, -0.05) is 24.3 Å². The molecule has 6 aromatic carbocycles. The third kappa shape index (κ3) is 8.34. The van der Waals surface area contributed by atoms with Gasteiger partial charge >= 0.3 is 0 Å². The molecule has 0 saturated heterocycles. The van der Waals surface area contributed by atoms with Crippen LogP contribution in [-0.4, -0.2) is 43.4 Å². The van der Waals surface area contributed by atoms with Gasteiger partial charge in [-0.2, -0.15) is 0 Å². The lowest BCUT2D eigenvalue weighted by Gasteiger charge is -2.08. The van der Waals surface area contributed by atoms with E-state index in [9.17, 15) is 39.4 Å². The summed E-state index contributed by atoms with van der Waals surface area (Å²) in [6, 6.07) is 35.6. The monoisotopic (exact) mass is 760 g/mol. The van der Waals surface area contributed by atoms with Crippen molar-refractivity contribution in [2.45, 2.75) is 0 Å². The fourth-order valence-corrected chi connectivity index (χ4v) is 5.80. The van der Waals surface area contributed by atoms with Crippen molar-refractivity contribution in [2.75, 3.05) is 21.3 Å². The van der Waals surface area contributed by atoms with Crippen LogP contribution in [0.5, 0.6) is 0 Å². The molecule has 0 aliphatic rings. The maximum absolute atomic E-state index is 13.0. The van der Waals surface area contributed by atoms with Crippen molar-refractivity contribution in [2.24, 2.45) is 0 Å². The Bertz CT molecular complexity index is 2710. The van der Waals surface area contributed by atoms with Gasteiger partial charge in [0.15, 0.2) is 0 Å². The van der Waals surface area contributed by atoms with Gasteiger partial charge in [-0.05, 0) is 103 Å². The molecule has 0 saturated carbocycles. The molecule has 16 heteroatoms. The number of fused-ring (bicyclic) bond motifs is 1. The molecule has 7 aromatic rings. The van der Waals surface area contributed by atoms with Crippen LogP contribution in [0.15, 0.2) is 140 Å². The third-order valence-electron chi connectivity index (χ3n) is 8.66. The Morgan fingerprint density at radius 1 is 0.491 bits per heavy atom. The quantitative estimate of drug-likeness (QED) is 0.0633. The van der Waals surface area contributed by atoms with Crippen LogP contribution < -0.4 is 21.3 Å². The number of nitrogens with one attached hydrogen (secondary N) is 5. The van der Waals surface area contributed by atoms with Gasteiger partial charge < -0.3 is 26.3 Å². The molecule has 57 heavy (non-hydrogen) atoms. The van der Waals surface area contributed by atoms with Gasteiger partial charge in [0.25, 0.3) is 35.0 Å². The fraction of sp³-hybridized carbons (Fsp3) is 0. The number of hydrogen-bond acceptors (Lipinski definition) is 9. The summed E-state index contributed by atoms with van der Waals surface area (Å²) in [5, 5.41) is 33.4. The minimum absolute atomic E-state index is 0.0844. The van der Waals surface area contributed by atoms with E-state index in [0.717, 1.165) is 5.56 Å². The van der Waals surface area contributed by atoms with Gasteiger partial charge in [0.1, 0.15) is 17.0 Å². The molecule has 4 amide bonds. The number of carbonyl (C=O) groups is 4. The molecule has 7 rings (SSSR count). The van der Waals surface area contributed by atoms with Crippen LogP contribution in [0.25, 0.3) is 22.4 Å². The number of aromatic amines is 1. The molecule has 0 atom stereocenters. The Kier molecular flexibility index (Phi) is 10.2. The number of aromatic nitrogens is 2. The van der Waals surface area contributed by atoms with Crippen LogP contribution in [-0.2, 0) is 0 Å². The minimum atomic E-state index is -0.651. The van der Waals surface area contributed by atoms with Gasteiger partial charge in [-0.3, -0.25) is 39.4 Å². The van der Waals surface area contributed by atoms with Crippen LogP contribution in [0.4, 0.5) is 34.1 Å². The Morgan fingerprint density at radius 3 is 1.37 bits per heavy atom. The van der Waals surface area contributed by atoms with Crippen molar-refractivity contribution in [3.63, 3.8) is 0 Å². The average molecular weight is 761 g/mol. The first kappa shape index (κ1) is 36.8. The van der Waals surface area contributed by atoms with E-state index in [1.165, 1.54) is 97.1 Å². The summed E-state index contributed by atoms with van der Waals surface area (Å²) in [4.78, 5) is 80.4. The molecule has 0 radical (unpaired) electrons. The number of para-hydroxylation sites is 2. The second-order valence-electron chi connectivity index (χ2n) is 12.4. The number of rotatable bonds is 11. The molecule has 5 N–H and O–H groups in total. The lowest BCUT2D eigenvalue weighted by molar-refractivity contribution is -0.385. The number of carbonyl (C=O) groups excluding carboxylic acids is 4. The highest BCUT2D eigenvalue weighted by Gasteiger charge is 2.21. The van der Waals surface area contributed by atoms with E-state index < -0.39 is 33.5 Å². The Labute approximate surface area is 321 Å². The van der Waals surface area contributed by atoms with Crippen molar-refractivity contribution in [1.29, 1.82) is 0 Å². The number of H-pyrrole nitrogens is 1. The van der Waals surface area contributed by atoms with E-state index in [4.69, 9.17) is 0 Å². The first-order valence-corrected chi connectivity index (χ1v) is 17.0. The normalized spacial score (nSPS) is 10.7. The maximum Gasteiger partial charge on any atom is 0.282 e. The zero-order valence-corrected chi connectivity index (χ0v) is 29.4.